The predicted molar refractivity (Wildman–Crippen MR) is 201 cm³/mol. The zero-order valence-corrected chi connectivity index (χ0v) is 32.7. The van der Waals surface area contributed by atoms with Crippen LogP contribution in [0.5, 0.6) is 0 Å². The van der Waals surface area contributed by atoms with E-state index in [1.807, 2.05) is 0 Å². The highest BCUT2D eigenvalue weighted by Gasteiger charge is 2.29. The number of ketones is 1. The smallest absolute Gasteiger partial charge is 0.451 e. The number of carbonyl (C=O) groups is 2. The number of ether oxygens (including phenoxy) is 1. The van der Waals surface area contributed by atoms with Gasteiger partial charge in [-0.15, -0.1) is 0 Å². The second kappa shape index (κ2) is 38.4. The van der Waals surface area contributed by atoms with Gasteiger partial charge in [0.05, 0.1) is 6.61 Å². The van der Waals surface area contributed by atoms with Crippen LogP contribution in [0.1, 0.15) is 219 Å². The number of phosphoric acid groups is 1. The number of hydrogen-bond acceptors (Lipinski definition) is 6. The Balaban J connectivity index is 0. The van der Waals surface area contributed by atoms with Crippen molar-refractivity contribution in [2.75, 3.05) is 6.61 Å². The van der Waals surface area contributed by atoms with Gasteiger partial charge in [-0.25, -0.2) is 4.57 Å². The van der Waals surface area contributed by atoms with Crippen molar-refractivity contribution in [2.24, 2.45) is 0 Å². The molecule has 0 heterocycles. The highest BCUT2D eigenvalue weighted by Crippen LogP contribution is 2.26. The van der Waals surface area contributed by atoms with Crippen LogP contribution in [0.25, 0.3) is 0 Å². The lowest BCUT2D eigenvalue weighted by Gasteiger charge is -2.20. The minimum Gasteiger partial charge on any atom is -0.451 e. The van der Waals surface area contributed by atoms with Crippen LogP contribution >= 0.6 is 7.82 Å². The number of rotatable bonds is 36. The van der Waals surface area contributed by atoms with E-state index in [2.05, 4.69) is 13.8 Å². The molecule has 0 saturated heterocycles. The summed E-state index contributed by atoms with van der Waals surface area (Å²) in [6.45, 7) is 3.95. The third-order valence-corrected chi connectivity index (χ3v) is 9.12. The summed E-state index contributed by atoms with van der Waals surface area (Å²) in [5.41, 5.74) is 0. The molecule has 0 aromatic rings. The van der Waals surface area contributed by atoms with Gasteiger partial charge in [0.15, 0.2) is 11.9 Å². The monoisotopic (exact) mass is 723 g/mol. The zero-order chi connectivity index (χ0) is 36.9. The molecule has 5 N–H and O–H groups in total. The fraction of sp³-hybridized carbons (Fsp3) is 0.949. The Hall–Kier alpha value is -0.830. The molecular weight excluding hydrogens is 643 g/mol. The molecule has 0 spiro atoms. The van der Waals surface area contributed by atoms with Crippen molar-refractivity contribution in [2.45, 2.75) is 232 Å². The van der Waals surface area contributed by atoms with Gasteiger partial charge in [0, 0.05) is 12.8 Å². The molecular formula is C39H79O9P. The Morgan fingerprint density at radius 1 is 0.490 bits per heavy atom. The van der Waals surface area contributed by atoms with E-state index in [4.69, 9.17) is 24.0 Å². The Morgan fingerprint density at radius 3 is 1.00 bits per heavy atom. The van der Waals surface area contributed by atoms with Crippen LogP contribution < -0.4 is 0 Å². The quantitative estimate of drug-likeness (QED) is 0.0241. The first-order valence-corrected chi connectivity index (χ1v) is 21.9. The van der Waals surface area contributed by atoms with E-state index in [-0.39, 0.29) is 18.6 Å². The second-order valence-corrected chi connectivity index (χ2v) is 15.1. The van der Waals surface area contributed by atoms with Crippen LogP contribution in [0.4, 0.5) is 0 Å². The average molecular weight is 723 g/mol. The number of aliphatic hydroxyl groups is 2. The third kappa shape index (κ3) is 43.3. The summed E-state index contributed by atoms with van der Waals surface area (Å²) < 4.78 is 14.2. The summed E-state index contributed by atoms with van der Waals surface area (Å²) in [6.07, 6.45) is 35.9. The highest BCUT2D eigenvalue weighted by atomic mass is 31.2. The van der Waals surface area contributed by atoms with Gasteiger partial charge in [-0.2, -0.15) is 0 Å². The van der Waals surface area contributed by atoms with Gasteiger partial charge >= 0.3 is 13.8 Å². The van der Waals surface area contributed by atoms with Gasteiger partial charge in [0.2, 0.25) is 0 Å². The fourth-order valence-corrected chi connectivity index (χ4v) is 6.11. The van der Waals surface area contributed by atoms with Gasteiger partial charge in [-0.3, -0.25) is 9.59 Å². The van der Waals surface area contributed by atoms with E-state index in [1.165, 1.54) is 154 Å². The largest absolute Gasteiger partial charge is 0.466 e. The summed E-state index contributed by atoms with van der Waals surface area (Å²) in [4.78, 5) is 46.6. The van der Waals surface area contributed by atoms with Gasteiger partial charge in [0.1, 0.15) is 6.10 Å². The molecule has 0 radical (unpaired) electrons. The summed E-state index contributed by atoms with van der Waals surface area (Å²) in [7, 11) is -4.64. The average Bonchev–Trinajstić information content (AvgIpc) is 3.06. The van der Waals surface area contributed by atoms with Crippen molar-refractivity contribution < 1.29 is 43.8 Å². The number of esters is 1. The van der Waals surface area contributed by atoms with Crippen LogP contribution in [0.3, 0.4) is 0 Å². The standard InChI is InChI=1S/C39H76O5.H3O4P/c1-3-5-7-9-11-13-15-17-19-21-23-25-27-29-31-33-36(41)39(37(42)35-40)44-38(43)34-32-30-28-26-24-22-20-18-16-14-12-10-8-6-4-2;1-5(2,3)4/h37,39-40,42H,3-35H2,1-2H3;(H3,1,2,3,4). The Bertz CT molecular complexity index is 751. The Morgan fingerprint density at radius 2 is 0.735 bits per heavy atom. The van der Waals surface area contributed by atoms with E-state index in [1.54, 1.807) is 0 Å². The first kappa shape index (κ1) is 50.3. The van der Waals surface area contributed by atoms with Crippen LogP contribution in [0.15, 0.2) is 0 Å². The summed E-state index contributed by atoms with van der Waals surface area (Å²) in [6, 6.07) is 0. The number of carbonyl (C=O) groups excluding carboxylic acids is 2. The van der Waals surface area contributed by atoms with Crippen molar-refractivity contribution in [3.63, 3.8) is 0 Å². The zero-order valence-electron chi connectivity index (χ0n) is 31.8. The van der Waals surface area contributed by atoms with Crippen molar-refractivity contribution in [1.82, 2.24) is 0 Å². The summed E-state index contributed by atoms with van der Waals surface area (Å²) in [5, 5.41) is 19.5. The maximum atomic E-state index is 12.7. The minimum absolute atomic E-state index is 0.263. The molecule has 0 aliphatic carbocycles. The number of unbranched alkanes of at least 4 members (excludes halogenated alkanes) is 28. The first-order chi connectivity index (χ1) is 23.6. The molecule has 2 atom stereocenters. The van der Waals surface area contributed by atoms with Crippen LogP contribution in [0, 0.1) is 0 Å². The molecule has 0 saturated carbocycles. The van der Waals surface area contributed by atoms with E-state index in [0.29, 0.717) is 0 Å². The summed E-state index contributed by atoms with van der Waals surface area (Å²) in [5.74, 6) is -0.715. The predicted octanol–water partition coefficient (Wildman–Crippen LogP) is 10.4. The highest BCUT2D eigenvalue weighted by molar-refractivity contribution is 7.45. The fourth-order valence-electron chi connectivity index (χ4n) is 6.11. The van der Waals surface area contributed by atoms with Crippen molar-refractivity contribution in [1.29, 1.82) is 0 Å². The van der Waals surface area contributed by atoms with Crippen LogP contribution in [0.2, 0.25) is 0 Å². The molecule has 49 heavy (non-hydrogen) atoms. The van der Waals surface area contributed by atoms with Gasteiger partial charge < -0.3 is 29.6 Å². The molecule has 2 unspecified atom stereocenters. The number of hydrogen-bond donors (Lipinski definition) is 5. The van der Waals surface area contributed by atoms with E-state index >= 15 is 0 Å². The maximum Gasteiger partial charge on any atom is 0.466 e. The summed E-state index contributed by atoms with van der Waals surface area (Å²) >= 11 is 0. The molecule has 0 bridgehead atoms. The van der Waals surface area contributed by atoms with Gasteiger partial charge in [0.25, 0.3) is 0 Å². The molecule has 0 aliphatic rings. The number of aliphatic hydroxyl groups excluding tert-OH is 2. The molecule has 0 rings (SSSR count). The van der Waals surface area contributed by atoms with E-state index < -0.39 is 32.6 Å². The van der Waals surface area contributed by atoms with Crippen molar-refractivity contribution in [3.8, 4) is 0 Å². The van der Waals surface area contributed by atoms with E-state index in [0.717, 1.165) is 38.5 Å². The normalized spacial score (nSPS) is 12.7. The second-order valence-electron chi connectivity index (χ2n) is 14.0. The lowest BCUT2D eigenvalue weighted by Crippen LogP contribution is -2.40. The van der Waals surface area contributed by atoms with Crippen molar-refractivity contribution in [3.05, 3.63) is 0 Å². The van der Waals surface area contributed by atoms with Gasteiger partial charge in [-0.1, -0.05) is 194 Å². The molecule has 10 heteroatoms. The maximum absolute atomic E-state index is 12.7. The first-order valence-electron chi connectivity index (χ1n) is 20.4. The lowest BCUT2D eigenvalue weighted by molar-refractivity contribution is -0.163. The molecule has 9 nitrogen and oxygen atoms in total. The molecule has 0 fully saturated rings. The number of Topliss-reactive ketones (excluding diaryl/α,β-unsaturated/α-hetero) is 1. The molecule has 0 aromatic heterocycles. The lowest BCUT2D eigenvalue weighted by atomic mass is 10.0. The molecule has 0 aromatic carbocycles. The SMILES string of the molecule is CCCCCCCCCCCCCCCCCC(=O)OC(C(=O)CCCCCCCCCCCCCCCCC)C(O)CO.O=P(O)(O)O. The minimum atomic E-state index is -4.64. The topological polar surface area (TPSA) is 162 Å². The van der Waals surface area contributed by atoms with Gasteiger partial charge in [-0.05, 0) is 12.8 Å². The van der Waals surface area contributed by atoms with Crippen LogP contribution in [-0.4, -0.2) is 55.5 Å². The molecule has 0 aliphatic heterocycles. The molecule has 294 valence electrons. The molecule has 0 amide bonds. The van der Waals surface area contributed by atoms with Crippen molar-refractivity contribution >= 4 is 19.6 Å². The Labute approximate surface area is 301 Å². The van der Waals surface area contributed by atoms with E-state index in [9.17, 15) is 19.8 Å². The Kier molecular flexibility index (Phi) is 39.4. The third-order valence-electron chi connectivity index (χ3n) is 9.12. The van der Waals surface area contributed by atoms with Crippen LogP contribution in [-0.2, 0) is 18.9 Å².